The number of pyridine rings is 1. The monoisotopic (exact) mass is 529 g/mol. The number of piperazine rings is 1. The summed E-state index contributed by atoms with van der Waals surface area (Å²) in [6.07, 6.45) is 2.11. The van der Waals surface area contributed by atoms with Gasteiger partial charge in [0.1, 0.15) is 11.8 Å². The normalized spacial score (nSPS) is 19.5. The molecule has 204 valence electrons. The summed E-state index contributed by atoms with van der Waals surface area (Å²) in [5, 5.41) is 13.8. The molecule has 39 heavy (non-hydrogen) atoms. The van der Waals surface area contributed by atoms with E-state index in [9.17, 15) is 4.79 Å². The smallest absolute Gasteiger partial charge is 0.253 e. The summed E-state index contributed by atoms with van der Waals surface area (Å²) in [4.78, 5) is 21.4. The van der Waals surface area contributed by atoms with E-state index in [1.54, 1.807) is 0 Å². The van der Waals surface area contributed by atoms with E-state index in [2.05, 4.69) is 54.6 Å². The minimum absolute atomic E-state index is 0.0826. The van der Waals surface area contributed by atoms with Crippen molar-refractivity contribution in [2.75, 3.05) is 39.4 Å². The standard InChI is InChI=1S/C29H35N7O3/c1-2-38-23-10-11-26-22(17-23)18-25(29(37)30-26)27(28-31-32-33-36(28)20-24-9-6-16-39-24)35-14-12-34(13-15-35)19-21-7-4-3-5-8-21/h3-5,7-8,10-11,17-18,24,27H,2,6,9,12-16,19-20H2,1H3,(H,30,37)/t24-,27+/m1/s1. The molecule has 2 fully saturated rings. The maximum atomic E-state index is 13.6. The van der Waals surface area contributed by atoms with Crippen LogP contribution < -0.4 is 10.3 Å². The van der Waals surface area contributed by atoms with E-state index in [-0.39, 0.29) is 17.7 Å². The van der Waals surface area contributed by atoms with Gasteiger partial charge in [0, 0.05) is 55.8 Å². The van der Waals surface area contributed by atoms with E-state index in [4.69, 9.17) is 9.47 Å². The third-order valence-corrected chi connectivity index (χ3v) is 7.68. The van der Waals surface area contributed by atoms with Gasteiger partial charge in [0.25, 0.3) is 5.56 Å². The largest absolute Gasteiger partial charge is 0.494 e. The molecule has 0 amide bonds. The highest BCUT2D eigenvalue weighted by molar-refractivity contribution is 5.80. The van der Waals surface area contributed by atoms with Crippen molar-refractivity contribution in [1.29, 1.82) is 0 Å². The fraction of sp³-hybridized carbons (Fsp3) is 0.448. The Hall–Kier alpha value is -3.60. The predicted octanol–water partition coefficient (Wildman–Crippen LogP) is 3.00. The van der Waals surface area contributed by atoms with Gasteiger partial charge < -0.3 is 14.5 Å². The van der Waals surface area contributed by atoms with E-state index in [0.717, 1.165) is 68.8 Å². The van der Waals surface area contributed by atoms with Crippen molar-refractivity contribution in [2.24, 2.45) is 0 Å². The number of nitrogens with zero attached hydrogens (tertiary/aromatic N) is 6. The molecule has 0 radical (unpaired) electrons. The molecule has 0 unspecified atom stereocenters. The lowest BCUT2D eigenvalue weighted by Gasteiger charge is -2.38. The van der Waals surface area contributed by atoms with E-state index < -0.39 is 0 Å². The van der Waals surface area contributed by atoms with E-state index >= 15 is 0 Å². The maximum Gasteiger partial charge on any atom is 0.253 e. The molecule has 6 rings (SSSR count). The molecule has 10 nitrogen and oxygen atoms in total. The van der Waals surface area contributed by atoms with Gasteiger partial charge in [-0.15, -0.1) is 5.10 Å². The Labute approximate surface area is 227 Å². The average Bonchev–Trinajstić information content (AvgIpc) is 3.64. The first-order valence-corrected chi connectivity index (χ1v) is 13.9. The topological polar surface area (TPSA) is 101 Å². The summed E-state index contributed by atoms with van der Waals surface area (Å²) in [5.74, 6) is 1.45. The van der Waals surface area contributed by atoms with E-state index in [1.807, 2.05) is 41.9 Å². The van der Waals surface area contributed by atoms with Crippen LogP contribution in [0.3, 0.4) is 0 Å². The minimum Gasteiger partial charge on any atom is -0.494 e. The second kappa shape index (κ2) is 11.6. The number of fused-ring (bicyclic) bond motifs is 1. The second-order valence-electron chi connectivity index (χ2n) is 10.3. The minimum atomic E-state index is -0.385. The zero-order valence-electron chi connectivity index (χ0n) is 22.3. The number of H-pyrrole nitrogens is 1. The van der Waals surface area contributed by atoms with Crippen LogP contribution in [-0.4, -0.2) is 80.5 Å². The van der Waals surface area contributed by atoms with Gasteiger partial charge in [-0.05, 0) is 60.0 Å². The number of hydrogen-bond donors (Lipinski definition) is 1. The van der Waals surface area contributed by atoms with Gasteiger partial charge in [0.2, 0.25) is 0 Å². The lowest BCUT2D eigenvalue weighted by atomic mass is 10.0. The van der Waals surface area contributed by atoms with Crippen LogP contribution in [0.4, 0.5) is 0 Å². The number of tetrazole rings is 1. The molecule has 2 aromatic heterocycles. The first-order chi connectivity index (χ1) is 19.2. The molecule has 2 aromatic carbocycles. The van der Waals surface area contributed by atoms with Gasteiger partial charge in [-0.3, -0.25) is 14.6 Å². The van der Waals surface area contributed by atoms with Gasteiger partial charge in [-0.2, -0.15) is 0 Å². The summed E-state index contributed by atoms with van der Waals surface area (Å²) in [6, 6.07) is 17.9. The van der Waals surface area contributed by atoms with Crippen molar-refractivity contribution in [3.63, 3.8) is 0 Å². The van der Waals surface area contributed by atoms with Crippen LogP contribution in [0.25, 0.3) is 10.9 Å². The summed E-state index contributed by atoms with van der Waals surface area (Å²) in [5.41, 5.74) is 2.59. The van der Waals surface area contributed by atoms with Crippen LogP contribution in [0, 0.1) is 0 Å². The summed E-state index contributed by atoms with van der Waals surface area (Å²) in [7, 11) is 0. The van der Waals surface area contributed by atoms with Gasteiger partial charge in [0.05, 0.1) is 19.3 Å². The molecule has 2 aliphatic heterocycles. The highest BCUT2D eigenvalue weighted by Crippen LogP contribution is 2.29. The Balaban J connectivity index is 1.33. The van der Waals surface area contributed by atoms with Crippen molar-refractivity contribution >= 4 is 10.9 Å². The Bertz CT molecular complexity index is 1440. The van der Waals surface area contributed by atoms with Crippen LogP contribution in [0.1, 0.15) is 42.8 Å². The third-order valence-electron chi connectivity index (χ3n) is 7.68. The first kappa shape index (κ1) is 25.7. The number of ether oxygens (including phenoxy) is 2. The number of aromatic nitrogens is 5. The third kappa shape index (κ3) is 5.73. The summed E-state index contributed by atoms with van der Waals surface area (Å²) in [6.45, 7) is 8.15. The molecule has 4 heterocycles. The second-order valence-corrected chi connectivity index (χ2v) is 10.3. The molecule has 1 N–H and O–H groups in total. The number of hydrogen-bond acceptors (Lipinski definition) is 8. The van der Waals surface area contributed by atoms with Gasteiger partial charge in [-0.25, -0.2) is 4.68 Å². The van der Waals surface area contributed by atoms with Crippen LogP contribution in [-0.2, 0) is 17.8 Å². The van der Waals surface area contributed by atoms with Crippen LogP contribution in [0.15, 0.2) is 59.4 Å². The fourth-order valence-electron chi connectivity index (χ4n) is 5.70. The van der Waals surface area contributed by atoms with Gasteiger partial charge in [0.15, 0.2) is 5.82 Å². The molecular weight excluding hydrogens is 494 g/mol. The molecule has 0 bridgehead atoms. The number of rotatable bonds is 9. The quantitative estimate of drug-likeness (QED) is 0.353. The Morgan fingerprint density at radius 2 is 1.95 bits per heavy atom. The van der Waals surface area contributed by atoms with Gasteiger partial charge in [-0.1, -0.05) is 30.3 Å². The number of aromatic amines is 1. The molecule has 0 aliphatic carbocycles. The maximum absolute atomic E-state index is 13.6. The molecular formula is C29H35N7O3. The lowest BCUT2D eigenvalue weighted by Crippen LogP contribution is -2.48. The van der Waals surface area contributed by atoms with Crippen molar-refractivity contribution < 1.29 is 9.47 Å². The van der Waals surface area contributed by atoms with Crippen LogP contribution >= 0.6 is 0 Å². The Kier molecular flexibility index (Phi) is 7.67. The molecule has 2 atom stereocenters. The van der Waals surface area contributed by atoms with Crippen LogP contribution in [0.2, 0.25) is 0 Å². The molecule has 10 heteroatoms. The average molecular weight is 530 g/mol. The lowest BCUT2D eigenvalue weighted by molar-refractivity contribution is 0.0840. The summed E-state index contributed by atoms with van der Waals surface area (Å²) < 4.78 is 13.4. The number of nitrogens with one attached hydrogen (secondary N) is 1. The highest BCUT2D eigenvalue weighted by Gasteiger charge is 2.33. The number of benzene rings is 2. The Morgan fingerprint density at radius 1 is 1.10 bits per heavy atom. The van der Waals surface area contributed by atoms with Crippen molar-refractivity contribution in [1.82, 2.24) is 35.0 Å². The molecule has 2 aliphatic rings. The summed E-state index contributed by atoms with van der Waals surface area (Å²) >= 11 is 0. The van der Waals surface area contributed by atoms with E-state index in [0.29, 0.717) is 24.5 Å². The van der Waals surface area contributed by atoms with Gasteiger partial charge >= 0.3 is 0 Å². The first-order valence-electron chi connectivity index (χ1n) is 13.9. The molecule has 0 saturated carbocycles. The van der Waals surface area contributed by atoms with E-state index in [1.165, 1.54) is 5.56 Å². The zero-order chi connectivity index (χ0) is 26.6. The highest BCUT2D eigenvalue weighted by atomic mass is 16.5. The molecule has 2 saturated heterocycles. The Morgan fingerprint density at radius 3 is 2.72 bits per heavy atom. The van der Waals surface area contributed by atoms with Crippen LogP contribution in [0.5, 0.6) is 5.75 Å². The molecule has 0 spiro atoms. The fourth-order valence-corrected chi connectivity index (χ4v) is 5.70. The predicted molar refractivity (Wildman–Crippen MR) is 148 cm³/mol. The van der Waals surface area contributed by atoms with Crippen molar-refractivity contribution in [3.8, 4) is 5.75 Å². The van der Waals surface area contributed by atoms with Crippen molar-refractivity contribution in [2.45, 2.75) is 45.0 Å². The SMILES string of the molecule is CCOc1ccc2[nH]c(=O)c([C@@H](c3nnnn3C[C@H]3CCCO3)N3CCN(Cc4ccccc4)CC3)cc2c1. The van der Waals surface area contributed by atoms with Crippen molar-refractivity contribution in [3.05, 3.63) is 81.9 Å². The zero-order valence-corrected chi connectivity index (χ0v) is 22.3. The molecule has 4 aromatic rings.